The molecule has 0 atom stereocenters. The van der Waals surface area contributed by atoms with Crippen LogP contribution in [0.4, 0.5) is 0 Å². The second-order valence-electron chi connectivity index (χ2n) is 4.17. The average molecular weight is 223 g/mol. The van der Waals surface area contributed by atoms with E-state index in [1.807, 2.05) is 25.1 Å². The molecule has 0 aliphatic rings. The van der Waals surface area contributed by atoms with Crippen LogP contribution in [0.25, 0.3) is 16.9 Å². The number of benzene rings is 1. The van der Waals surface area contributed by atoms with E-state index in [2.05, 4.69) is 39.7 Å². The van der Waals surface area contributed by atoms with Crippen molar-refractivity contribution in [3.05, 3.63) is 54.0 Å². The second-order valence-corrected chi connectivity index (χ2v) is 4.17. The molecule has 17 heavy (non-hydrogen) atoms. The lowest BCUT2D eigenvalue weighted by Gasteiger charge is -2.04. The van der Waals surface area contributed by atoms with Crippen LogP contribution in [-0.4, -0.2) is 14.5 Å². The van der Waals surface area contributed by atoms with E-state index in [1.54, 1.807) is 6.20 Å². The Morgan fingerprint density at radius 3 is 2.71 bits per heavy atom. The van der Waals surface area contributed by atoms with Crippen LogP contribution in [0.1, 0.15) is 11.4 Å². The summed E-state index contributed by atoms with van der Waals surface area (Å²) in [6.07, 6.45) is 1.80. The standard InChI is InChI=1S/C14H13N3/c1-10-6-7-13-12(9-10)16-11(2)17(13)14-5-3-4-8-15-14/h3-9H,1-2H3. The van der Waals surface area contributed by atoms with E-state index in [4.69, 9.17) is 0 Å². The zero-order valence-electron chi connectivity index (χ0n) is 9.88. The van der Waals surface area contributed by atoms with Gasteiger partial charge in [0.05, 0.1) is 11.0 Å². The molecule has 0 saturated carbocycles. The second kappa shape index (κ2) is 3.70. The third-order valence-electron chi connectivity index (χ3n) is 2.86. The predicted molar refractivity (Wildman–Crippen MR) is 68.3 cm³/mol. The number of imidazole rings is 1. The molecule has 0 fully saturated rings. The number of aromatic nitrogens is 3. The average Bonchev–Trinajstić information content (AvgIpc) is 2.65. The maximum Gasteiger partial charge on any atom is 0.138 e. The number of aryl methyl sites for hydroxylation is 2. The maximum absolute atomic E-state index is 4.57. The fraction of sp³-hybridized carbons (Fsp3) is 0.143. The molecule has 0 radical (unpaired) electrons. The summed E-state index contributed by atoms with van der Waals surface area (Å²) in [5.41, 5.74) is 3.35. The van der Waals surface area contributed by atoms with Crippen LogP contribution in [0.3, 0.4) is 0 Å². The van der Waals surface area contributed by atoms with Crippen LogP contribution in [-0.2, 0) is 0 Å². The van der Waals surface area contributed by atoms with Gasteiger partial charge < -0.3 is 0 Å². The monoisotopic (exact) mass is 223 g/mol. The first-order valence-electron chi connectivity index (χ1n) is 5.63. The zero-order valence-corrected chi connectivity index (χ0v) is 9.88. The molecular weight excluding hydrogens is 210 g/mol. The van der Waals surface area contributed by atoms with E-state index < -0.39 is 0 Å². The molecule has 3 rings (SSSR count). The van der Waals surface area contributed by atoms with Gasteiger partial charge in [-0.3, -0.25) is 4.57 Å². The molecule has 84 valence electrons. The summed E-state index contributed by atoms with van der Waals surface area (Å²) in [6.45, 7) is 4.08. The Hall–Kier alpha value is -2.16. The van der Waals surface area contributed by atoms with Gasteiger partial charge in [0.25, 0.3) is 0 Å². The number of pyridine rings is 1. The lowest BCUT2D eigenvalue weighted by molar-refractivity contribution is 0.957. The van der Waals surface area contributed by atoms with Crippen LogP contribution in [0.2, 0.25) is 0 Å². The fourth-order valence-electron chi connectivity index (χ4n) is 2.09. The van der Waals surface area contributed by atoms with Crippen LogP contribution < -0.4 is 0 Å². The first kappa shape index (κ1) is 10.0. The maximum atomic E-state index is 4.57. The zero-order chi connectivity index (χ0) is 11.8. The van der Waals surface area contributed by atoms with Crippen molar-refractivity contribution in [2.75, 3.05) is 0 Å². The van der Waals surface area contributed by atoms with Crippen LogP contribution >= 0.6 is 0 Å². The molecule has 0 aliphatic heterocycles. The fourth-order valence-corrected chi connectivity index (χ4v) is 2.09. The molecule has 0 saturated heterocycles. The predicted octanol–water partition coefficient (Wildman–Crippen LogP) is 3.04. The molecule has 3 heteroatoms. The smallest absolute Gasteiger partial charge is 0.138 e. The van der Waals surface area contributed by atoms with Gasteiger partial charge in [-0.25, -0.2) is 9.97 Å². The molecule has 0 spiro atoms. The minimum atomic E-state index is 0.913. The normalized spacial score (nSPS) is 10.9. The summed E-state index contributed by atoms with van der Waals surface area (Å²) in [7, 11) is 0. The van der Waals surface area contributed by atoms with Gasteiger partial charge in [-0.15, -0.1) is 0 Å². The van der Waals surface area contributed by atoms with Gasteiger partial charge in [0.1, 0.15) is 11.6 Å². The van der Waals surface area contributed by atoms with Gasteiger partial charge >= 0.3 is 0 Å². The lowest BCUT2D eigenvalue weighted by Crippen LogP contribution is -1.98. The molecule has 2 aromatic heterocycles. The Balaban J connectivity index is 2.33. The third-order valence-corrected chi connectivity index (χ3v) is 2.86. The highest BCUT2D eigenvalue weighted by atomic mass is 15.1. The molecule has 0 unspecified atom stereocenters. The van der Waals surface area contributed by atoms with Crippen molar-refractivity contribution in [2.45, 2.75) is 13.8 Å². The van der Waals surface area contributed by atoms with Gasteiger partial charge in [-0.05, 0) is 43.7 Å². The topological polar surface area (TPSA) is 30.7 Å². The lowest BCUT2D eigenvalue weighted by atomic mass is 10.2. The number of hydrogen-bond acceptors (Lipinski definition) is 2. The van der Waals surface area contributed by atoms with E-state index in [1.165, 1.54) is 5.56 Å². The number of nitrogens with zero attached hydrogens (tertiary/aromatic N) is 3. The van der Waals surface area contributed by atoms with Crippen LogP contribution in [0.5, 0.6) is 0 Å². The Kier molecular flexibility index (Phi) is 2.18. The van der Waals surface area contributed by atoms with E-state index in [-0.39, 0.29) is 0 Å². The molecule has 1 aromatic carbocycles. The quantitative estimate of drug-likeness (QED) is 0.634. The number of rotatable bonds is 1. The van der Waals surface area contributed by atoms with Gasteiger partial charge in [-0.1, -0.05) is 12.1 Å². The highest BCUT2D eigenvalue weighted by molar-refractivity contribution is 5.78. The minimum absolute atomic E-state index is 0.913. The van der Waals surface area contributed by atoms with Gasteiger partial charge in [0, 0.05) is 6.20 Å². The Morgan fingerprint density at radius 1 is 1.06 bits per heavy atom. The van der Waals surface area contributed by atoms with Crippen molar-refractivity contribution in [2.24, 2.45) is 0 Å². The van der Waals surface area contributed by atoms with Gasteiger partial charge in [0.15, 0.2) is 0 Å². The summed E-state index contributed by atoms with van der Waals surface area (Å²) in [6, 6.07) is 12.2. The SMILES string of the molecule is Cc1ccc2c(c1)nc(C)n2-c1ccccn1. The first-order valence-corrected chi connectivity index (χ1v) is 5.63. The van der Waals surface area contributed by atoms with Crippen molar-refractivity contribution < 1.29 is 0 Å². The molecule has 3 aromatic rings. The molecule has 0 amide bonds. The van der Waals surface area contributed by atoms with Gasteiger partial charge in [-0.2, -0.15) is 0 Å². The number of fused-ring (bicyclic) bond motifs is 1. The van der Waals surface area contributed by atoms with Crippen molar-refractivity contribution in [3.8, 4) is 5.82 Å². The molecule has 2 heterocycles. The minimum Gasteiger partial charge on any atom is -0.281 e. The Bertz CT molecular complexity index is 669. The molecule has 0 N–H and O–H groups in total. The Labute approximate surface area is 99.8 Å². The summed E-state index contributed by atoms with van der Waals surface area (Å²) < 4.78 is 2.08. The number of hydrogen-bond donors (Lipinski definition) is 0. The highest BCUT2D eigenvalue weighted by Gasteiger charge is 2.09. The highest BCUT2D eigenvalue weighted by Crippen LogP contribution is 2.20. The summed E-state index contributed by atoms with van der Waals surface area (Å²) in [5, 5.41) is 0. The van der Waals surface area contributed by atoms with Crippen LogP contribution in [0.15, 0.2) is 42.6 Å². The summed E-state index contributed by atoms with van der Waals surface area (Å²) in [5.74, 6) is 1.88. The van der Waals surface area contributed by atoms with Crippen LogP contribution in [0, 0.1) is 13.8 Å². The van der Waals surface area contributed by atoms with E-state index >= 15 is 0 Å². The van der Waals surface area contributed by atoms with E-state index in [0.717, 1.165) is 22.7 Å². The summed E-state index contributed by atoms with van der Waals surface area (Å²) in [4.78, 5) is 8.95. The first-order chi connectivity index (χ1) is 8.25. The Morgan fingerprint density at radius 2 is 1.94 bits per heavy atom. The largest absolute Gasteiger partial charge is 0.281 e. The summed E-state index contributed by atoms with van der Waals surface area (Å²) >= 11 is 0. The third kappa shape index (κ3) is 1.60. The van der Waals surface area contributed by atoms with E-state index in [0.29, 0.717) is 0 Å². The van der Waals surface area contributed by atoms with Crippen molar-refractivity contribution in [1.29, 1.82) is 0 Å². The van der Waals surface area contributed by atoms with E-state index in [9.17, 15) is 0 Å². The molecular formula is C14H13N3. The molecule has 0 bridgehead atoms. The molecule has 3 nitrogen and oxygen atoms in total. The molecule has 0 aliphatic carbocycles. The van der Waals surface area contributed by atoms with Crippen molar-refractivity contribution in [3.63, 3.8) is 0 Å². The van der Waals surface area contributed by atoms with Crippen molar-refractivity contribution in [1.82, 2.24) is 14.5 Å². The van der Waals surface area contributed by atoms with Gasteiger partial charge in [0.2, 0.25) is 0 Å². The van der Waals surface area contributed by atoms with Crippen molar-refractivity contribution >= 4 is 11.0 Å².